The van der Waals surface area contributed by atoms with Crippen LogP contribution in [0.2, 0.25) is 0 Å². The van der Waals surface area contributed by atoms with Crippen LogP contribution in [0.3, 0.4) is 0 Å². The Kier molecular flexibility index (Phi) is 8.04. The van der Waals surface area contributed by atoms with E-state index in [4.69, 9.17) is 4.74 Å². The summed E-state index contributed by atoms with van der Waals surface area (Å²) in [5.41, 5.74) is 3.04. The standard InChI is InChI=1S/C25H34N2O3/c1-7-21(24(29)26-6)27(16-19-13-9-8-12-18(19)2)23(28)17-30-22-15-11-10-14-20(22)25(3,4)5/h8-15,21H,7,16-17H2,1-6H3,(H,26,29)/t21-/m1/s1. The maximum atomic E-state index is 13.2. The monoisotopic (exact) mass is 410 g/mol. The van der Waals surface area contributed by atoms with E-state index in [-0.39, 0.29) is 23.8 Å². The minimum Gasteiger partial charge on any atom is -0.483 e. The molecule has 2 amide bonds. The summed E-state index contributed by atoms with van der Waals surface area (Å²) in [4.78, 5) is 27.3. The molecule has 0 spiro atoms. The summed E-state index contributed by atoms with van der Waals surface area (Å²) in [6.07, 6.45) is 0.524. The quantitative estimate of drug-likeness (QED) is 0.709. The summed E-state index contributed by atoms with van der Waals surface area (Å²) >= 11 is 0. The Labute approximate surface area is 180 Å². The van der Waals surface area contributed by atoms with E-state index in [1.54, 1.807) is 11.9 Å². The van der Waals surface area contributed by atoms with E-state index in [1.165, 1.54) is 0 Å². The van der Waals surface area contributed by atoms with Crippen molar-refractivity contribution < 1.29 is 14.3 Å². The molecule has 162 valence electrons. The number of para-hydroxylation sites is 1. The predicted molar refractivity (Wildman–Crippen MR) is 121 cm³/mol. The summed E-state index contributed by atoms with van der Waals surface area (Å²) < 4.78 is 5.96. The van der Waals surface area contributed by atoms with Crippen molar-refractivity contribution >= 4 is 11.8 Å². The van der Waals surface area contributed by atoms with Crippen molar-refractivity contribution in [2.75, 3.05) is 13.7 Å². The molecule has 0 radical (unpaired) electrons. The highest BCUT2D eigenvalue weighted by Gasteiger charge is 2.29. The van der Waals surface area contributed by atoms with E-state index in [9.17, 15) is 9.59 Å². The van der Waals surface area contributed by atoms with Gasteiger partial charge in [0, 0.05) is 13.6 Å². The number of rotatable bonds is 8. The number of hydrogen-bond acceptors (Lipinski definition) is 3. The van der Waals surface area contributed by atoms with Gasteiger partial charge in [0.25, 0.3) is 5.91 Å². The van der Waals surface area contributed by atoms with Gasteiger partial charge in [-0.2, -0.15) is 0 Å². The zero-order valence-electron chi connectivity index (χ0n) is 19.0. The molecule has 2 aromatic carbocycles. The van der Waals surface area contributed by atoms with Gasteiger partial charge in [-0.1, -0.05) is 70.2 Å². The number of benzene rings is 2. The van der Waals surface area contributed by atoms with Crippen molar-refractivity contribution in [2.24, 2.45) is 0 Å². The Morgan fingerprint density at radius 2 is 1.70 bits per heavy atom. The molecular formula is C25H34N2O3. The molecule has 30 heavy (non-hydrogen) atoms. The van der Waals surface area contributed by atoms with Crippen LogP contribution in [0.1, 0.15) is 50.8 Å². The van der Waals surface area contributed by atoms with Crippen LogP contribution in [0.4, 0.5) is 0 Å². The van der Waals surface area contributed by atoms with Gasteiger partial charge in [0.1, 0.15) is 11.8 Å². The molecule has 0 aliphatic heterocycles. The van der Waals surface area contributed by atoms with Gasteiger partial charge in [-0.15, -0.1) is 0 Å². The van der Waals surface area contributed by atoms with Gasteiger partial charge in [0.15, 0.2) is 6.61 Å². The third kappa shape index (κ3) is 5.85. The Morgan fingerprint density at radius 3 is 2.30 bits per heavy atom. The van der Waals surface area contributed by atoms with Crippen LogP contribution in [0.15, 0.2) is 48.5 Å². The second kappa shape index (κ2) is 10.3. The average molecular weight is 411 g/mol. The summed E-state index contributed by atoms with van der Waals surface area (Å²) in [5.74, 6) is 0.314. The maximum Gasteiger partial charge on any atom is 0.261 e. The van der Waals surface area contributed by atoms with Gasteiger partial charge in [0.2, 0.25) is 5.91 Å². The smallest absolute Gasteiger partial charge is 0.261 e. The highest BCUT2D eigenvalue weighted by atomic mass is 16.5. The van der Waals surface area contributed by atoms with Crippen LogP contribution >= 0.6 is 0 Å². The van der Waals surface area contributed by atoms with Crippen molar-refractivity contribution in [3.63, 3.8) is 0 Å². The molecule has 2 rings (SSSR count). The topological polar surface area (TPSA) is 58.6 Å². The molecule has 0 bridgehead atoms. The molecule has 0 heterocycles. The van der Waals surface area contributed by atoms with Crippen LogP contribution in [0, 0.1) is 6.92 Å². The predicted octanol–water partition coefficient (Wildman–Crippen LogP) is 4.22. The number of nitrogens with one attached hydrogen (secondary N) is 1. The van der Waals surface area contributed by atoms with Crippen molar-refractivity contribution in [1.82, 2.24) is 10.2 Å². The Hall–Kier alpha value is -2.82. The molecule has 0 unspecified atom stereocenters. The minimum absolute atomic E-state index is 0.103. The van der Waals surface area contributed by atoms with Gasteiger partial charge in [-0.3, -0.25) is 9.59 Å². The summed E-state index contributed by atoms with van der Waals surface area (Å²) in [5, 5.41) is 2.68. The summed E-state index contributed by atoms with van der Waals surface area (Å²) in [6, 6.07) is 15.1. The summed E-state index contributed by atoms with van der Waals surface area (Å²) in [7, 11) is 1.59. The minimum atomic E-state index is -0.552. The normalized spacial score (nSPS) is 12.2. The van der Waals surface area contributed by atoms with E-state index in [0.29, 0.717) is 18.7 Å². The van der Waals surface area contributed by atoms with Crippen LogP contribution in [-0.2, 0) is 21.5 Å². The molecule has 1 atom stereocenters. The van der Waals surface area contributed by atoms with Crippen molar-refractivity contribution in [3.8, 4) is 5.75 Å². The van der Waals surface area contributed by atoms with E-state index >= 15 is 0 Å². The Bertz CT molecular complexity index is 871. The van der Waals surface area contributed by atoms with Gasteiger partial charge >= 0.3 is 0 Å². The zero-order valence-corrected chi connectivity index (χ0v) is 19.0. The first-order valence-corrected chi connectivity index (χ1v) is 10.5. The fourth-order valence-electron chi connectivity index (χ4n) is 3.49. The maximum absolute atomic E-state index is 13.2. The number of aryl methyl sites for hydroxylation is 1. The van der Waals surface area contributed by atoms with E-state index in [2.05, 4.69) is 26.1 Å². The van der Waals surface area contributed by atoms with Crippen molar-refractivity contribution in [3.05, 3.63) is 65.2 Å². The fraction of sp³-hybridized carbons (Fsp3) is 0.440. The molecule has 5 heteroatoms. The first-order chi connectivity index (χ1) is 14.2. The molecule has 0 aliphatic carbocycles. The van der Waals surface area contributed by atoms with E-state index < -0.39 is 6.04 Å². The number of ether oxygens (including phenoxy) is 1. The highest BCUT2D eigenvalue weighted by Crippen LogP contribution is 2.31. The van der Waals surface area contributed by atoms with Crippen LogP contribution < -0.4 is 10.1 Å². The lowest BCUT2D eigenvalue weighted by Gasteiger charge is -2.31. The van der Waals surface area contributed by atoms with Gasteiger partial charge < -0.3 is 15.0 Å². The van der Waals surface area contributed by atoms with Gasteiger partial charge in [-0.25, -0.2) is 0 Å². The molecule has 0 aromatic heterocycles. The Balaban J connectivity index is 2.27. The van der Waals surface area contributed by atoms with Crippen molar-refractivity contribution in [1.29, 1.82) is 0 Å². The number of carbonyl (C=O) groups excluding carboxylic acids is 2. The van der Waals surface area contributed by atoms with E-state index in [0.717, 1.165) is 16.7 Å². The lowest BCUT2D eigenvalue weighted by atomic mass is 9.86. The van der Waals surface area contributed by atoms with Gasteiger partial charge in [-0.05, 0) is 41.5 Å². The fourth-order valence-corrected chi connectivity index (χ4v) is 3.49. The molecule has 5 nitrogen and oxygen atoms in total. The van der Waals surface area contributed by atoms with Gasteiger partial charge in [0.05, 0.1) is 0 Å². The first-order valence-electron chi connectivity index (χ1n) is 10.5. The van der Waals surface area contributed by atoms with Crippen molar-refractivity contribution in [2.45, 2.75) is 59.0 Å². The second-order valence-electron chi connectivity index (χ2n) is 8.52. The third-order valence-corrected chi connectivity index (χ3v) is 5.28. The molecule has 0 saturated heterocycles. The highest BCUT2D eigenvalue weighted by molar-refractivity contribution is 5.88. The third-order valence-electron chi connectivity index (χ3n) is 5.28. The molecule has 2 aromatic rings. The lowest BCUT2D eigenvalue weighted by Crippen LogP contribution is -2.49. The number of amides is 2. The average Bonchev–Trinajstić information content (AvgIpc) is 2.72. The molecule has 0 fully saturated rings. The second-order valence-corrected chi connectivity index (χ2v) is 8.52. The number of likely N-dealkylation sites (N-methyl/N-ethyl adjacent to an activating group) is 1. The SMILES string of the molecule is CC[C@H](C(=O)NC)N(Cc1ccccc1C)C(=O)COc1ccccc1C(C)(C)C. The number of hydrogen-bond donors (Lipinski definition) is 1. The first kappa shape index (κ1) is 23.5. The van der Waals surface area contributed by atoms with Crippen LogP contribution in [0.25, 0.3) is 0 Å². The van der Waals surface area contributed by atoms with Crippen LogP contribution in [0.5, 0.6) is 5.75 Å². The van der Waals surface area contributed by atoms with E-state index in [1.807, 2.05) is 62.4 Å². The molecule has 0 saturated carbocycles. The molecule has 1 N–H and O–H groups in total. The zero-order chi connectivity index (χ0) is 22.3. The lowest BCUT2D eigenvalue weighted by molar-refractivity contribution is -0.142. The molecule has 0 aliphatic rings. The Morgan fingerprint density at radius 1 is 1.07 bits per heavy atom. The summed E-state index contributed by atoms with van der Waals surface area (Å²) in [6.45, 7) is 10.5. The number of carbonyl (C=O) groups is 2. The number of nitrogens with zero attached hydrogens (tertiary/aromatic N) is 1. The largest absolute Gasteiger partial charge is 0.483 e. The van der Waals surface area contributed by atoms with Crippen LogP contribution in [-0.4, -0.2) is 36.4 Å². The molecular weight excluding hydrogens is 376 g/mol.